The first-order valence-electron chi connectivity index (χ1n) is 7.48. The third kappa shape index (κ3) is 3.95. The highest BCUT2D eigenvalue weighted by Gasteiger charge is 2.12. The minimum Gasteiger partial charge on any atom is -0.334 e. The molecule has 126 valence electrons. The lowest BCUT2D eigenvalue weighted by Crippen LogP contribution is -2.29. The Morgan fingerprint density at radius 1 is 1.00 bits per heavy atom. The smallest absolute Gasteiger partial charge is 0.319 e. The van der Waals surface area contributed by atoms with Gasteiger partial charge in [0.25, 0.3) is 0 Å². The maximum absolute atomic E-state index is 13.6. The fourth-order valence-electron chi connectivity index (χ4n) is 2.29. The number of anilines is 1. The van der Waals surface area contributed by atoms with E-state index in [0.717, 1.165) is 23.3 Å². The summed E-state index contributed by atoms with van der Waals surface area (Å²) < 4.78 is 27.1. The van der Waals surface area contributed by atoms with Crippen LogP contribution in [0.2, 0.25) is 0 Å². The molecule has 5 nitrogen and oxygen atoms in total. The number of rotatable bonds is 4. The van der Waals surface area contributed by atoms with E-state index in [1.54, 1.807) is 36.8 Å². The lowest BCUT2D eigenvalue weighted by atomic mass is 10.1. The van der Waals surface area contributed by atoms with Crippen LogP contribution >= 0.6 is 0 Å². The zero-order chi connectivity index (χ0) is 17.6. The molecule has 3 rings (SSSR count). The Morgan fingerprint density at radius 2 is 1.76 bits per heavy atom. The summed E-state index contributed by atoms with van der Waals surface area (Å²) >= 11 is 0. The van der Waals surface area contributed by atoms with Gasteiger partial charge in [-0.25, -0.2) is 13.6 Å². The van der Waals surface area contributed by atoms with Crippen molar-refractivity contribution < 1.29 is 13.6 Å². The summed E-state index contributed by atoms with van der Waals surface area (Å²) in [4.78, 5) is 20.3. The first kappa shape index (κ1) is 16.5. The van der Waals surface area contributed by atoms with Crippen molar-refractivity contribution in [1.29, 1.82) is 0 Å². The molecule has 0 unspecified atom stereocenters. The summed E-state index contributed by atoms with van der Waals surface area (Å²) in [7, 11) is 0. The summed E-state index contributed by atoms with van der Waals surface area (Å²) in [6.45, 7) is 0.139. The molecule has 25 heavy (non-hydrogen) atoms. The molecule has 0 spiro atoms. The fourth-order valence-corrected chi connectivity index (χ4v) is 2.29. The van der Waals surface area contributed by atoms with E-state index in [9.17, 15) is 13.6 Å². The molecule has 2 amide bonds. The summed E-state index contributed by atoms with van der Waals surface area (Å²) in [6, 6.07) is 9.84. The molecule has 0 aliphatic heterocycles. The second kappa shape index (κ2) is 7.48. The van der Waals surface area contributed by atoms with Crippen molar-refractivity contribution in [2.45, 2.75) is 6.54 Å². The van der Waals surface area contributed by atoms with Gasteiger partial charge >= 0.3 is 6.03 Å². The first-order valence-corrected chi connectivity index (χ1v) is 7.48. The average molecular weight is 340 g/mol. The van der Waals surface area contributed by atoms with E-state index in [1.807, 2.05) is 6.07 Å². The number of nitrogens with zero attached hydrogens (tertiary/aromatic N) is 2. The summed E-state index contributed by atoms with van der Waals surface area (Å²) in [6.07, 6.45) is 4.96. The van der Waals surface area contributed by atoms with Gasteiger partial charge in [-0.1, -0.05) is 12.1 Å². The molecule has 0 atom stereocenters. The van der Waals surface area contributed by atoms with Gasteiger partial charge in [0.05, 0.1) is 5.69 Å². The Bertz CT molecular complexity index is 867. The van der Waals surface area contributed by atoms with Gasteiger partial charge in [-0.2, -0.15) is 0 Å². The molecule has 0 bridgehead atoms. The normalized spacial score (nSPS) is 10.3. The molecule has 0 aliphatic rings. The molecule has 0 aliphatic carbocycles. The quantitative estimate of drug-likeness (QED) is 0.760. The number of hydrogen-bond acceptors (Lipinski definition) is 3. The molecule has 0 saturated heterocycles. The van der Waals surface area contributed by atoms with Crippen molar-refractivity contribution in [3.8, 4) is 11.3 Å². The van der Waals surface area contributed by atoms with Crippen LogP contribution in [-0.4, -0.2) is 16.0 Å². The van der Waals surface area contributed by atoms with Crippen molar-refractivity contribution >= 4 is 11.7 Å². The zero-order valence-electron chi connectivity index (χ0n) is 13.0. The van der Waals surface area contributed by atoms with Gasteiger partial charge in [0.2, 0.25) is 0 Å². The second-order valence-corrected chi connectivity index (χ2v) is 5.16. The van der Waals surface area contributed by atoms with Crippen molar-refractivity contribution in [2.75, 3.05) is 5.32 Å². The van der Waals surface area contributed by atoms with Crippen LogP contribution < -0.4 is 10.6 Å². The predicted octanol–water partition coefficient (Wildman–Crippen LogP) is 3.74. The van der Waals surface area contributed by atoms with Crippen LogP contribution in [0.4, 0.5) is 19.3 Å². The number of carbonyl (C=O) groups is 1. The second-order valence-electron chi connectivity index (χ2n) is 5.16. The van der Waals surface area contributed by atoms with Crippen LogP contribution in [0.1, 0.15) is 5.56 Å². The van der Waals surface area contributed by atoms with Crippen molar-refractivity contribution in [3.63, 3.8) is 0 Å². The van der Waals surface area contributed by atoms with E-state index >= 15 is 0 Å². The molecular formula is C18H14F2N4O. The molecule has 0 fully saturated rings. The van der Waals surface area contributed by atoms with Crippen LogP contribution in [0, 0.1) is 11.6 Å². The molecule has 0 saturated carbocycles. The van der Waals surface area contributed by atoms with Crippen LogP contribution in [0.3, 0.4) is 0 Å². The topological polar surface area (TPSA) is 66.9 Å². The van der Waals surface area contributed by atoms with E-state index in [0.29, 0.717) is 5.69 Å². The zero-order valence-corrected chi connectivity index (χ0v) is 13.0. The monoisotopic (exact) mass is 340 g/mol. The number of urea groups is 1. The first-order chi connectivity index (χ1) is 12.1. The highest BCUT2D eigenvalue weighted by atomic mass is 19.1. The van der Waals surface area contributed by atoms with Crippen LogP contribution in [0.5, 0.6) is 0 Å². The van der Waals surface area contributed by atoms with Gasteiger partial charge in [0.1, 0.15) is 17.3 Å². The Morgan fingerprint density at radius 3 is 2.48 bits per heavy atom. The SMILES string of the molecule is O=C(NCc1cccnc1-c1cccnc1)Nc1c(F)cccc1F. The number of amides is 2. The summed E-state index contributed by atoms with van der Waals surface area (Å²) in [5.74, 6) is -1.68. The number of hydrogen-bond donors (Lipinski definition) is 2. The highest BCUT2D eigenvalue weighted by Crippen LogP contribution is 2.20. The Labute approximate surface area is 142 Å². The molecule has 7 heteroatoms. The fraction of sp³-hybridized carbons (Fsp3) is 0.0556. The Hall–Kier alpha value is -3.35. The highest BCUT2D eigenvalue weighted by molar-refractivity contribution is 5.89. The van der Waals surface area contributed by atoms with Crippen LogP contribution in [0.15, 0.2) is 61.1 Å². The van der Waals surface area contributed by atoms with Gasteiger partial charge in [-0.3, -0.25) is 9.97 Å². The minimum atomic E-state index is -0.840. The van der Waals surface area contributed by atoms with E-state index in [4.69, 9.17) is 0 Å². The molecule has 0 radical (unpaired) electrons. The maximum atomic E-state index is 13.6. The van der Waals surface area contributed by atoms with E-state index in [-0.39, 0.29) is 6.54 Å². The Balaban J connectivity index is 1.71. The van der Waals surface area contributed by atoms with Crippen LogP contribution in [-0.2, 0) is 6.54 Å². The number of nitrogens with one attached hydrogen (secondary N) is 2. The number of halogens is 2. The summed E-state index contributed by atoms with van der Waals surface area (Å²) in [5.41, 5.74) is 1.74. The van der Waals surface area contributed by atoms with E-state index < -0.39 is 23.4 Å². The number of aromatic nitrogens is 2. The van der Waals surface area contributed by atoms with E-state index in [2.05, 4.69) is 20.6 Å². The average Bonchev–Trinajstić information content (AvgIpc) is 2.64. The number of carbonyl (C=O) groups excluding carboxylic acids is 1. The minimum absolute atomic E-state index is 0.139. The number of para-hydroxylation sites is 1. The molecule has 1 aromatic carbocycles. The van der Waals surface area contributed by atoms with Crippen LogP contribution in [0.25, 0.3) is 11.3 Å². The van der Waals surface area contributed by atoms with Gasteiger partial charge < -0.3 is 10.6 Å². The van der Waals surface area contributed by atoms with Gasteiger partial charge in [0.15, 0.2) is 0 Å². The number of pyridine rings is 2. The van der Waals surface area contributed by atoms with Gasteiger partial charge in [-0.15, -0.1) is 0 Å². The molecule has 2 aromatic heterocycles. The van der Waals surface area contributed by atoms with E-state index in [1.165, 1.54) is 6.07 Å². The lowest BCUT2D eigenvalue weighted by Gasteiger charge is -2.11. The Kier molecular flexibility index (Phi) is 4.94. The third-order valence-corrected chi connectivity index (χ3v) is 3.47. The molecule has 2 heterocycles. The maximum Gasteiger partial charge on any atom is 0.319 e. The summed E-state index contributed by atoms with van der Waals surface area (Å²) in [5, 5.41) is 4.74. The van der Waals surface area contributed by atoms with Gasteiger partial charge in [0, 0.05) is 30.7 Å². The molecular weight excluding hydrogens is 326 g/mol. The van der Waals surface area contributed by atoms with Crippen molar-refractivity contribution in [2.24, 2.45) is 0 Å². The lowest BCUT2D eigenvalue weighted by molar-refractivity contribution is 0.251. The molecule has 3 aromatic rings. The molecule has 2 N–H and O–H groups in total. The predicted molar refractivity (Wildman–Crippen MR) is 89.7 cm³/mol. The standard InChI is InChI=1S/C18H14F2N4O/c19-14-6-1-7-15(20)17(14)24-18(25)23-11-13-5-3-9-22-16(13)12-4-2-8-21-10-12/h1-10H,11H2,(H2,23,24,25). The third-order valence-electron chi connectivity index (χ3n) is 3.47. The van der Waals surface area contributed by atoms with Crippen molar-refractivity contribution in [1.82, 2.24) is 15.3 Å². The number of benzene rings is 1. The largest absolute Gasteiger partial charge is 0.334 e. The van der Waals surface area contributed by atoms with Crippen molar-refractivity contribution in [3.05, 3.63) is 78.3 Å². The van der Waals surface area contributed by atoms with Gasteiger partial charge in [-0.05, 0) is 35.9 Å².